The fourth-order valence-electron chi connectivity index (χ4n) is 3.96. The van der Waals surface area contributed by atoms with Crippen LogP contribution in [-0.4, -0.2) is 19.0 Å². The highest BCUT2D eigenvalue weighted by molar-refractivity contribution is 6.27. The van der Waals surface area contributed by atoms with Crippen molar-refractivity contribution in [3.63, 3.8) is 0 Å². The van der Waals surface area contributed by atoms with E-state index in [-0.39, 0.29) is 6.42 Å². The molecule has 0 aromatic heterocycles. The quantitative estimate of drug-likeness (QED) is 0.776. The van der Waals surface area contributed by atoms with Crippen molar-refractivity contribution in [1.29, 1.82) is 0 Å². The lowest BCUT2D eigenvalue weighted by Crippen LogP contribution is -2.38. The van der Waals surface area contributed by atoms with E-state index in [4.69, 9.17) is 11.6 Å². The summed E-state index contributed by atoms with van der Waals surface area (Å²) in [6.45, 7) is 1.68. The molecule has 1 N–H and O–H groups in total. The lowest BCUT2D eigenvalue weighted by molar-refractivity contribution is -0.0190. The molecule has 2 aromatic rings. The third-order valence-corrected chi connectivity index (χ3v) is 5.74. The van der Waals surface area contributed by atoms with Gasteiger partial charge in [0.15, 0.2) is 4.87 Å². The second-order valence-electron chi connectivity index (χ2n) is 6.39. The molecule has 1 aliphatic heterocycles. The largest absolute Gasteiger partial charge is 0.316 e. The van der Waals surface area contributed by atoms with E-state index in [1.54, 1.807) is 24.3 Å². The van der Waals surface area contributed by atoms with Gasteiger partial charge in [-0.25, -0.2) is 8.78 Å². The highest BCUT2D eigenvalue weighted by Crippen LogP contribution is 2.57. The maximum absolute atomic E-state index is 15.0. The average Bonchev–Trinajstić information content (AvgIpc) is 2.72. The fourth-order valence-corrected chi connectivity index (χ4v) is 4.39. The fraction of sp³-hybridized carbons (Fsp3) is 0.368. The Kier molecular flexibility index (Phi) is 3.47. The van der Waals surface area contributed by atoms with Gasteiger partial charge in [-0.1, -0.05) is 42.5 Å². The molecule has 0 spiro atoms. The maximum atomic E-state index is 15.0. The number of halogens is 3. The SMILES string of the molecule is FC1(F)Cc2ccc3c(c2C1(Cl)c1ccccc1)CCNCC3. The van der Waals surface area contributed by atoms with Crippen LogP contribution in [-0.2, 0) is 24.1 Å². The lowest BCUT2D eigenvalue weighted by atomic mass is 9.84. The van der Waals surface area contributed by atoms with E-state index < -0.39 is 10.8 Å². The smallest absolute Gasteiger partial charge is 0.279 e. The van der Waals surface area contributed by atoms with Gasteiger partial charge in [0.2, 0.25) is 0 Å². The van der Waals surface area contributed by atoms with Gasteiger partial charge in [-0.3, -0.25) is 0 Å². The van der Waals surface area contributed by atoms with Crippen LogP contribution in [0, 0.1) is 0 Å². The first-order valence-electron chi connectivity index (χ1n) is 8.01. The predicted octanol–water partition coefficient (Wildman–Crippen LogP) is 4.05. The summed E-state index contributed by atoms with van der Waals surface area (Å²) >= 11 is 6.74. The van der Waals surface area contributed by atoms with E-state index in [1.165, 1.54) is 0 Å². The minimum absolute atomic E-state index is 0.290. The Morgan fingerprint density at radius 1 is 0.913 bits per heavy atom. The van der Waals surface area contributed by atoms with Crippen LogP contribution in [0.25, 0.3) is 0 Å². The van der Waals surface area contributed by atoms with Gasteiger partial charge < -0.3 is 5.32 Å². The second kappa shape index (κ2) is 5.29. The van der Waals surface area contributed by atoms with E-state index in [0.29, 0.717) is 16.7 Å². The Balaban J connectivity index is 1.99. The first-order valence-corrected chi connectivity index (χ1v) is 8.39. The Morgan fingerprint density at radius 3 is 2.39 bits per heavy atom. The molecule has 0 bridgehead atoms. The minimum Gasteiger partial charge on any atom is -0.316 e. The highest BCUT2D eigenvalue weighted by atomic mass is 35.5. The summed E-state index contributed by atoms with van der Waals surface area (Å²) in [4.78, 5) is -1.76. The van der Waals surface area contributed by atoms with Gasteiger partial charge in [0, 0.05) is 6.42 Å². The van der Waals surface area contributed by atoms with Crippen molar-refractivity contribution in [3.8, 4) is 0 Å². The molecule has 0 fully saturated rings. The number of nitrogens with one attached hydrogen (secondary N) is 1. The van der Waals surface area contributed by atoms with Crippen LogP contribution in [0.4, 0.5) is 8.78 Å². The van der Waals surface area contributed by atoms with E-state index in [1.807, 2.05) is 18.2 Å². The monoisotopic (exact) mass is 333 g/mol. The molecule has 0 saturated carbocycles. The Morgan fingerprint density at radius 2 is 1.61 bits per heavy atom. The van der Waals surface area contributed by atoms with Crippen molar-refractivity contribution in [2.75, 3.05) is 13.1 Å². The predicted molar refractivity (Wildman–Crippen MR) is 88.4 cm³/mol. The number of hydrogen-bond donors (Lipinski definition) is 1. The molecular formula is C19H18ClF2N. The van der Waals surface area contributed by atoms with Crippen LogP contribution in [0.2, 0.25) is 0 Å². The molecule has 1 aliphatic carbocycles. The molecule has 1 heterocycles. The van der Waals surface area contributed by atoms with Crippen LogP contribution in [0.15, 0.2) is 42.5 Å². The molecule has 4 rings (SSSR count). The Hall–Kier alpha value is -1.45. The molecule has 1 atom stereocenters. The van der Waals surface area contributed by atoms with Crippen LogP contribution in [0.5, 0.6) is 0 Å². The molecular weight excluding hydrogens is 316 g/mol. The Bertz CT molecular complexity index is 745. The number of rotatable bonds is 1. The molecule has 120 valence electrons. The molecule has 1 unspecified atom stereocenters. The zero-order valence-corrected chi connectivity index (χ0v) is 13.5. The summed E-state index contributed by atoms with van der Waals surface area (Å²) in [6, 6.07) is 12.7. The van der Waals surface area contributed by atoms with Crippen LogP contribution >= 0.6 is 11.6 Å². The van der Waals surface area contributed by atoms with Crippen molar-refractivity contribution >= 4 is 11.6 Å². The molecule has 1 nitrogen and oxygen atoms in total. The Labute approximate surface area is 139 Å². The molecule has 2 aliphatic rings. The van der Waals surface area contributed by atoms with Crippen molar-refractivity contribution < 1.29 is 8.78 Å². The van der Waals surface area contributed by atoms with Gasteiger partial charge in [0.1, 0.15) is 0 Å². The van der Waals surface area contributed by atoms with Gasteiger partial charge in [0.25, 0.3) is 5.92 Å². The number of fused-ring (bicyclic) bond motifs is 3. The number of alkyl halides is 3. The van der Waals surface area contributed by atoms with E-state index in [0.717, 1.165) is 37.1 Å². The summed E-state index contributed by atoms with van der Waals surface area (Å²) in [5.74, 6) is -2.99. The summed E-state index contributed by atoms with van der Waals surface area (Å²) in [7, 11) is 0. The van der Waals surface area contributed by atoms with Gasteiger partial charge in [-0.15, -0.1) is 11.6 Å². The molecule has 0 saturated heterocycles. The van der Waals surface area contributed by atoms with E-state index in [9.17, 15) is 8.78 Å². The zero-order chi connectivity index (χ0) is 16.1. The van der Waals surface area contributed by atoms with Crippen LogP contribution in [0.1, 0.15) is 27.8 Å². The third-order valence-electron chi connectivity index (χ3n) is 5.05. The van der Waals surface area contributed by atoms with E-state index in [2.05, 4.69) is 5.32 Å². The summed E-state index contributed by atoms with van der Waals surface area (Å²) in [5.41, 5.74) is 3.98. The standard InChI is InChI=1S/C19H18ClF2N/c20-19(15-4-2-1-3-5-15)17-14(12-18(19,21)22)7-6-13-8-10-23-11-9-16(13)17/h1-7,23H,8-12H2. The van der Waals surface area contributed by atoms with Crippen molar-refractivity contribution in [1.82, 2.24) is 5.32 Å². The van der Waals surface area contributed by atoms with Gasteiger partial charge in [-0.05, 0) is 53.7 Å². The topological polar surface area (TPSA) is 12.0 Å². The number of hydrogen-bond acceptors (Lipinski definition) is 1. The minimum atomic E-state index is -2.99. The van der Waals surface area contributed by atoms with Crippen molar-refractivity contribution in [2.24, 2.45) is 0 Å². The summed E-state index contributed by atoms with van der Waals surface area (Å²) in [5, 5.41) is 3.34. The number of benzene rings is 2. The van der Waals surface area contributed by atoms with Gasteiger partial charge in [0.05, 0.1) is 0 Å². The summed E-state index contributed by atoms with van der Waals surface area (Å²) < 4.78 is 30.0. The van der Waals surface area contributed by atoms with Crippen molar-refractivity contribution in [3.05, 3.63) is 70.3 Å². The van der Waals surface area contributed by atoms with Gasteiger partial charge >= 0.3 is 0 Å². The maximum Gasteiger partial charge on any atom is 0.279 e. The first kappa shape index (κ1) is 15.1. The molecule has 4 heteroatoms. The molecule has 23 heavy (non-hydrogen) atoms. The molecule has 2 aromatic carbocycles. The molecule has 0 amide bonds. The van der Waals surface area contributed by atoms with Crippen LogP contribution in [0.3, 0.4) is 0 Å². The summed E-state index contributed by atoms with van der Waals surface area (Å²) in [6.07, 6.45) is 1.31. The van der Waals surface area contributed by atoms with Crippen molar-refractivity contribution in [2.45, 2.75) is 30.1 Å². The lowest BCUT2D eigenvalue weighted by Gasteiger charge is -2.32. The molecule has 0 radical (unpaired) electrons. The second-order valence-corrected chi connectivity index (χ2v) is 6.96. The normalized spacial score (nSPS) is 25.5. The first-order chi connectivity index (χ1) is 11.0. The van der Waals surface area contributed by atoms with Gasteiger partial charge in [-0.2, -0.15) is 0 Å². The third kappa shape index (κ3) is 2.14. The van der Waals surface area contributed by atoms with Crippen LogP contribution < -0.4 is 5.32 Å². The average molecular weight is 334 g/mol. The zero-order valence-electron chi connectivity index (χ0n) is 12.7. The van der Waals surface area contributed by atoms with E-state index >= 15 is 0 Å². The highest BCUT2D eigenvalue weighted by Gasteiger charge is 2.61.